The quantitative estimate of drug-likeness (QED) is 0.465. The van der Waals surface area contributed by atoms with Crippen molar-refractivity contribution in [3.8, 4) is 0 Å². The summed E-state index contributed by atoms with van der Waals surface area (Å²) in [6, 6.07) is 3.81. The van der Waals surface area contributed by atoms with Crippen molar-refractivity contribution in [3.05, 3.63) is 44.9 Å². The van der Waals surface area contributed by atoms with E-state index in [-0.39, 0.29) is 11.4 Å². The number of benzene rings is 1. The van der Waals surface area contributed by atoms with Gasteiger partial charge in [0, 0.05) is 24.1 Å². The second-order valence-electron chi connectivity index (χ2n) is 4.09. The van der Waals surface area contributed by atoms with Crippen LogP contribution in [0.4, 0.5) is 5.69 Å². The van der Waals surface area contributed by atoms with E-state index in [0.29, 0.717) is 10.0 Å². The minimum atomic E-state index is -3.93. The molecule has 0 radical (unpaired) electrons. The third kappa shape index (κ3) is 3.62. The Morgan fingerprint density at radius 1 is 1.53 bits per heavy atom. The number of nitrogens with zero attached hydrogens (tertiary/aromatic N) is 2. The number of halogens is 1. The molecule has 0 heterocycles. The highest BCUT2D eigenvalue weighted by Crippen LogP contribution is 2.29. The zero-order valence-corrected chi connectivity index (χ0v) is 12.9. The Kier molecular flexibility index (Phi) is 4.83. The first kappa shape index (κ1) is 15.8. The molecule has 0 aliphatic carbocycles. The third-order valence-corrected chi connectivity index (χ3v) is 4.63. The summed E-state index contributed by atoms with van der Waals surface area (Å²) in [5, 5.41) is 10.9. The first-order valence-corrected chi connectivity index (χ1v) is 7.44. The van der Waals surface area contributed by atoms with Crippen molar-refractivity contribution in [1.82, 2.24) is 4.31 Å². The van der Waals surface area contributed by atoms with Gasteiger partial charge in [-0.2, -0.15) is 4.31 Å². The predicted molar refractivity (Wildman–Crippen MR) is 75.4 cm³/mol. The maximum atomic E-state index is 12.3. The van der Waals surface area contributed by atoms with Crippen molar-refractivity contribution in [2.45, 2.75) is 11.8 Å². The van der Waals surface area contributed by atoms with Gasteiger partial charge in [-0.05, 0) is 19.1 Å². The Bertz CT molecular complexity index is 628. The van der Waals surface area contributed by atoms with Gasteiger partial charge in [0.05, 0.1) is 4.92 Å². The van der Waals surface area contributed by atoms with Gasteiger partial charge in [0.1, 0.15) is 0 Å². The van der Waals surface area contributed by atoms with Crippen LogP contribution in [0, 0.1) is 10.1 Å². The predicted octanol–water partition coefficient (Wildman–Crippen LogP) is 2.55. The number of sulfonamides is 1. The number of nitro benzene ring substituents is 1. The molecule has 19 heavy (non-hydrogen) atoms. The van der Waals surface area contributed by atoms with Crippen LogP contribution >= 0.6 is 15.9 Å². The van der Waals surface area contributed by atoms with Gasteiger partial charge < -0.3 is 0 Å². The molecule has 0 N–H and O–H groups in total. The fraction of sp³-hybridized carbons (Fsp3) is 0.273. The maximum Gasteiger partial charge on any atom is 0.289 e. The second kappa shape index (κ2) is 5.81. The first-order chi connectivity index (χ1) is 8.66. The van der Waals surface area contributed by atoms with E-state index in [9.17, 15) is 18.5 Å². The molecule has 1 aromatic carbocycles. The molecule has 0 spiro atoms. The summed E-state index contributed by atoms with van der Waals surface area (Å²) in [5.74, 6) is 0. The molecule has 0 fully saturated rings. The van der Waals surface area contributed by atoms with E-state index in [2.05, 4.69) is 22.5 Å². The van der Waals surface area contributed by atoms with Crippen molar-refractivity contribution >= 4 is 31.6 Å². The van der Waals surface area contributed by atoms with Gasteiger partial charge in [0.15, 0.2) is 4.90 Å². The van der Waals surface area contributed by atoms with Crippen LogP contribution in [-0.4, -0.2) is 31.2 Å². The molecule has 8 heteroatoms. The molecule has 0 saturated carbocycles. The van der Waals surface area contributed by atoms with Crippen LogP contribution in [0.15, 0.2) is 39.7 Å². The van der Waals surface area contributed by atoms with Crippen LogP contribution in [0.25, 0.3) is 0 Å². The van der Waals surface area contributed by atoms with Crippen molar-refractivity contribution in [2.75, 3.05) is 13.6 Å². The zero-order valence-electron chi connectivity index (χ0n) is 10.5. The van der Waals surface area contributed by atoms with E-state index >= 15 is 0 Å². The lowest BCUT2D eigenvalue weighted by molar-refractivity contribution is -0.387. The molecule has 0 unspecified atom stereocenters. The maximum absolute atomic E-state index is 12.3. The molecule has 0 atom stereocenters. The van der Waals surface area contributed by atoms with E-state index < -0.39 is 20.6 Å². The topological polar surface area (TPSA) is 80.5 Å². The van der Waals surface area contributed by atoms with Gasteiger partial charge >= 0.3 is 0 Å². The van der Waals surface area contributed by atoms with Crippen LogP contribution in [0.5, 0.6) is 0 Å². The Balaban J connectivity index is 3.39. The average Bonchev–Trinajstić information content (AvgIpc) is 2.27. The fourth-order valence-corrected chi connectivity index (χ4v) is 3.40. The van der Waals surface area contributed by atoms with Crippen molar-refractivity contribution in [1.29, 1.82) is 0 Å². The normalized spacial score (nSPS) is 11.6. The number of hydrogen-bond donors (Lipinski definition) is 0. The molecule has 6 nitrogen and oxygen atoms in total. The van der Waals surface area contributed by atoms with E-state index in [0.717, 1.165) is 10.4 Å². The standard InChI is InChI=1S/C11H13BrN2O4S/c1-8(2)7-13(3)19(17,18)11-6-9(12)4-5-10(11)14(15)16/h4-6H,1,7H2,2-3H3. The van der Waals surface area contributed by atoms with Gasteiger partial charge in [-0.3, -0.25) is 10.1 Å². The summed E-state index contributed by atoms with van der Waals surface area (Å²) >= 11 is 3.11. The lowest BCUT2D eigenvalue weighted by Gasteiger charge is -2.17. The van der Waals surface area contributed by atoms with Gasteiger partial charge in [0.2, 0.25) is 10.0 Å². The minimum absolute atomic E-state index is 0.103. The van der Waals surface area contributed by atoms with Crippen molar-refractivity contribution in [3.63, 3.8) is 0 Å². The molecular formula is C11H13BrN2O4S. The SMILES string of the molecule is C=C(C)CN(C)S(=O)(=O)c1cc(Br)ccc1[N+](=O)[O-]. The molecule has 0 bridgehead atoms. The average molecular weight is 349 g/mol. The monoisotopic (exact) mass is 348 g/mol. The molecule has 0 aliphatic rings. The lowest BCUT2D eigenvalue weighted by atomic mass is 10.3. The van der Waals surface area contributed by atoms with Crippen molar-refractivity contribution in [2.24, 2.45) is 0 Å². The van der Waals surface area contributed by atoms with Crippen LogP contribution in [0.3, 0.4) is 0 Å². The van der Waals surface area contributed by atoms with E-state index in [1.807, 2.05) is 0 Å². The summed E-state index contributed by atoms with van der Waals surface area (Å²) in [4.78, 5) is 9.86. The van der Waals surface area contributed by atoms with Crippen LogP contribution < -0.4 is 0 Å². The summed E-state index contributed by atoms with van der Waals surface area (Å²) in [6.07, 6.45) is 0. The highest BCUT2D eigenvalue weighted by Gasteiger charge is 2.29. The van der Waals surface area contributed by atoms with E-state index in [1.54, 1.807) is 6.92 Å². The molecule has 1 rings (SSSR count). The Hall–Kier alpha value is -1.25. The number of likely N-dealkylation sites (N-methyl/N-ethyl adjacent to an activating group) is 1. The molecule has 0 amide bonds. The first-order valence-electron chi connectivity index (χ1n) is 5.21. The van der Waals surface area contributed by atoms with Crippen LogP contribution in [0.1, 0.15) is 6.92 Å². The summed E-state index contributed by atoms with van der Waals surface area (Å²) in [6.45, 7) is 5.41. The van der Waals surface area contributed by atoms with Gasteiger partial charge in [-0.25, -0.2) is 8.42 Å². The largest absolute Gasteiger partial charge is 0.289 e. The number of hydrogen-bond acceptors (Lipinski definition) is 4. The highest BCUT2D eigenvalue weighted by molar-refractivity contribution is 9.10. The van der Waals surface area contributed by atoms with Crippen LogP contribution in [0.2, 0.25) is 0 Å². The zero-order chi connectivity index (χ0) is 14.8. The number of rotatable bonds is 5. The Morgan fingerprint density at radius 3 is 2.58 bits per heavy atom. The molecule has 1 aromatic rings. The summed E-state index contributed by atoms with van der Waals surface area (Å²) in [5.41, 5.74) is 0.195. The molecular weight excluding hydrogens is 336 g/mol. The van der Waals surface area contributed by atoms with Gasteiger partial charge in [0.25, 0.3) is 5.69 Å². The lowest BCUT2D eigenvalue weighted by Crippen LogP contribution is -2.28. The second-order valence-corrected chi connectivity index (χ2v) is 7.02. The van der Waals surface area contributed by atoms with Gasteiger partial charge in [-0.1, -0.05) is 28.1 Å². The van der Waals surface area contributed by atoms with E-state index in [1.165, 1.54) is 19.2 Å². The van der Waals surface area contributed by atoms with E-state index in [4.69, 9.17) is 0 Å². The smallest absolute Gasteiger partial charge is 0.258 e. The highest BCUT2D eigenvalue weighted by atomic mass is 79.9. The Labute approximate surface area is 120 Å². The number of nitro groups is 1. The van der Waals surface area contributed by atoms with Gasteiger partial charge in [-0.15, -0.1) is 0 Å². The minimum Gasteiger partial charge on any atom is -0.258 e. The molecule has 0 aliphatic heterocycles. The van der Waals surface area contributed by atoms with Crippen molar-refractivity contribution < 1.29 is 13.3 Å². The van der Waals surface area contributed by atoms with Crippen LogP contribution in [-0.2, 0) is 10.0 Å². The third-order valence-electron chi connectivity index (χ3n) is 2.30. The summed E-state index contributed by atoms with van der Waals surface area (Å²) in [7, 11) is -2.58. The molecule has 104 valence electrons. The fourth-order valence-electron chi connectivity index (χ4n) is 1.48. The Morgan fingerprint density at radius 2 is 2.11 bits per heavy atom. The summed E-state index contributed by atoms with van der Waals surface area (Å²) < 4.78 is 26.1. The molecule has 0 aromatic heterocycles. The molecule has 0 saturated heterocycles.